The van der Waals surface area contributed by atoms with Crippen LogP contribution in [0.1, 0.15) is 28.8 Å². The Morgan fingerprint density at radius 1 is 1.03 bits per heavy atom. The molecule has 0 aliphatic carbocycles. The van der Waals surface area contributed by atoms with Crippen molar-refractivity contribution >= 4 is 11.8 Å². The number of rotatable bonds is 7. The molecular weight excluding hydrogens is 415 g/mol. The first-order chi connectivity index (χ1) is 15.3. The molecule has 1 heterocycles. The summed E-state index contributed by atoms with van der Waals surface area (Å²) in [5.41, 5.74) is 1.20. The van der Waals surface area contributed by atoms with Crippen LogP contribution in [0.5, 0.6) is 17.2 Å². The van der Waals surface area contributed by atoms with Gasteiger partial charge in [0.25, 0.3) is 5.91 Å². The summed E-state index contributed by atoms with van der Waals surface area (Å²) in [6, 6.07) is 9.08. The molecule has 1 aliphatic heterocycles. The number of hydrogen-bond acceptors (Lipinski definition) is 5. The molecule has 1 saturated heterocycles. The smallest absolute Gasteiger partial charge is 0.253 e. The zero-order valence-electron chi connectivity index (χ0n) is 19.1. The lowest BCUT2D eigenvalue weighted by molar-refractivity contribution is -0.133. The maximum absolute atomic E-state index is 13.3. The van der Waals surface area contributed by atoms with E-state index >= 15 is 0 Å². The van der Waals surface area contributed by atoms with Gasteiger partial charge in [0.1, 0.15) is 5.82 Å². The predicted molar refractivity (Wildman–Crippen MR) is 118 cm³/mol. The van der Waals surface area contributed by atoms with E-state index in [1.807, 2.05) is 19.1 Å². The maximum atomic E-state index is 13.3. The average Bonchev–Trinajstić information content (AvgIpc) is 3.27. The molecule has 2 aromatic carbocycles. The summed E-state index contributed by atoms with van der Waals surface area (Å²) in [7, 11) is 6.35. The third kappa shape index (κ3) is 4.49. The number of likely N-dealkylation sites (tertiary alicyclic amines) is 1. The molecule has 3 rings (SSSR count). The first-order valence-corrected chi connectivity index (χ1v) is 10.4. The largest absolute Gasteiger partial charge is 0.493 e. The van der Waals surface area contributed by atoms with Crippen molar-refractivity contribution in [2.45, 2.75) is 12.8 Å². The van der Waals surface area contributed by atoms with E-state index in [2.05, 4.69) is 0 Å². The molecule has 0 unspecified atom stereocenters. The molecule has 1 fully saturated rings. The molecule has 0 bridgehead atoms. The van der Waals surface area contributed by atoms with Crippen LogP contribution in [0.2, 0.25) is 0 Å². The van der Waals surface area contributed by atoms with E-state index in [1.165, 1.54) is 45.6 Å². The van der Waals surface area contributed by atoms with Gasteiger partial charge in [0, 0.05) is 38.2 Å². The molecule has 0 spiro atoms. The SMILES string of the molecule is CCN(C)C(=O)[C@@H]1CN(C(=O)c2ccc(F)cc2)C[C@@H]1c1cc(OC)c(OC)c(OC)c1. The van der Waals surface area contributed by atoms with Gasteiger partial charge < -0.3 is 24.0 Å². The molecular formula is C24H29FN2O5. The standard InChI is InChI=1S/C24H29FN2O5/c1-6-26(2)24(29)19-14-27(23(28)15-7-9-17(25)10-8-15)13-18(19)16-11-20(30-3)22(32-5)21(12-16)31-4/h7-12,18-19H,6,13-14H2,1-5H3/t18-,19-/m1/s1. The fraction of sp³-hybridized carbons (Fsp3) is 0.417. The van der Waals surface area contributed by atoms with Crippen LogP contribution < -0.4 is 14.2 Å². The molecule has 1 aliphatic rings. The van der Waals surface area contributed by atoms with Gasteiger partial charge in [-0.05, 0) is 48.9 Å². The molecule has 0 aromatic heterocycles. The summed E-state index contributed by atoms with van der Waals surface area (Å²) in [6.45, 7) is 3.06. The number of ether oxygens (including phenoxy) is 3. The van der Waals surface area contributed by atoms with Crippen LogP contribution in [-0.2, 0) is 4.79 Å². The molecule has 2 amide bonds. The number of nitrogens with zero attached hydrogens (tertiary/aromatic N) is 2. The van der Waals surface area contributed by atoms with Crippen molar-refractivity contribution in [3.8, 4) is 17.2 Å². The van der Waals surface area contributed by atoms with Crippen LogP contribution >= 0.6 is 0 Å². The second-order valence-corrected chi connectivity index (χ2v) is 7.74. The average molecular weight is 445 g/mol. The lowest BCUT2D eigenvalue weighted by atomic mass is 9.87. The van der Waals surface area contributed by atoms with Crippen LogP contribution in [0.15, 0.2) is 36.4 Å². The number of hydrogen-bond donors (Lipinski definition) is 0. The highest BCUT2D eigenvalue weighted by Crippen LogP contribution is 2.43. The van der Waals surface area contributed by atoms with Gasteiger partial charge in [-0.15, -0.1) is 0 Å². The third-order valence-corrected chi connectivity index (χ3v) is 5.98. The number of halogens is 1. The van der Waals surface area contributed by atoms with Crippen molar-refractivity contribution in [2.75, 3.05) is 48.0 Å². The Bertz CT molecular complexity index is 954. The fourth-order valence-corrected chi connectivity index (χ4v) is 4.09. The molecule has 0 radical (unpaired) electrons. The number of carbonyl (C=O) groups is 2. The zero-order chi connectivity index (χ0) is 23.4. The molecule has 7 nitrogen and oxygen atoms in total. The van der Waals surface area contributed by atoms with Gasteiger partial charge in [-0.2, -0.15) is 0 Å². The Balaban J connectivity index is 2.00. The minimum atomic E-state index is -0.438. The van der Waals surface area contributed by atoms with E-state index in [-0.39, 0.29) is 24.3 Å². The van der Waals surface area contributed by atoms with Crippen LogP contribution in [0, 0.1) is 11.7 Å². The first kappa shape index (κ1) is 23.4. The van der Waals surface area contributed by atoms with Crippen LogP contribution in [0.4, 0.5) is 4.39 Å². The summed E-state index contributed by atoms with van der Waals surface area (Å²) in [6.07, 6.45) is 0. The highest BCUT2D eigenvalue weighted by Gasteiger charge is 2.42. The highest BCUT2D eigenvalue weighted by molar-refractivity contribution is 5.95. The van der Waals surface area contributed by atoms with Gasteiger partial charge in [-0.3, -0.25) is 9.59 Å². The minimum absolute atomic E-state index is 0.0411. The summed E-state index contributed by atoms with van der Waals surface area (Å²) in [4.78, 5) is 29.6. The summed E-state index contributed by atoms with van der Waals surface area (Å²) < 4.78 is 29.7. The zero-order valence-corrected chi connectivity index (χ0v) is 19.1. The third-order valence-electron chi connectivity index (χ3n) is 5.98. The van der Waals surface area contributed by atoms with Crippen molar-refractivity contribution in [1.29, 1.82) is 0 Å². The van der Waals surface area contributed by atoms with E-state index in [0.717, 1.165) is 5.56 Å². The molecule has 2 atom stereocenters. The van der Waals surface area contributed by atoms with Crippen molar-refractivity contribution in [3.05, 3.63) is 53.3 Å². The normalized spacial score (nSPS) is 17.8. The van der Waals surface area contributed by atoms with Gasteiger partial charge in [0.05, 0.1) is 27.2 Å². The quantitative estimate of drug-likeness (QED) is 0.656. The van der Waals surface area contributed by atoms with E-state index in [0.29, 0.717) is 35.9 Å². The molecule has 172 valence electrons. The molecule has 0 N–H and O–H groups in total. The van der Waals surface area contributed by atoms with Crippen molar-refractivity contribution in [2.24, 2.45) is 5.92 Å². The molecule has 8 heteroatoms. The van der Waals surface area contributed by atoms with Crippen LogP contribution in [0.3, 0.4) is 0 Å². The van der Waals surface area contributed by atoms with Gasteiger partial charge >= 0.3 is 0 Å². The number of amides is 2. The first-order valence-electron chi connectivity index (χ1n) is 10.4. The van der Waals surface area contributed by atoms with E-state index in [9.17, 15) is 14.0 Å². The van der Waals surface area contributed by atoms with Crippen molar-refractivity contribution in [3.63, 3.8) is 0 Å². The fourth-order valence-electron chi connectivity index (χ4n) is 4.09. The number of methoxy groups -OCH3 is 3. The van der Waals surface area contributed by atoms with Gasteiger partial charge in [0.2, 0.25) is 11.7 Å². The highest BCUT2D eigenvalue weighted by atomic mass is 19.1. The number of benzene rings is 2. The van der Waals surface area contributed by atoms with Gasteiger partial charge in [-0.25, -0.2) is 4.39 Å². The molecule has 0 saturated carbocycles. The number of carbonyl (C=O) groups excluding carboxylic acids is 2. The molecule has 32 heavy (non-hydrogen) atoms. The Hall–Kier alpha value is -3.29. The minimum Gasteiger partial charge on any atom is -0.493 e. The Morgan fingerprint density at radius 3 is 2.12 bits per heavy atom. The summed E-state index contributed by atoms with van der Waals surface area (Å²) in [5.74, 6) is 0.0418. The van der Waals surface area contributed by atoms with Gasteiger partial charge in [0.15, 0.2) is 11.5 Å². The Labute approximate surface area is 187 Å². The summed E-state index contributed by atoms with van der Waals surface area (Å²) >= 11 is 0. The lowest BCUT2D eigenvalue weighted by Gasteiger charge is -2.24. The monoisotopic (exact) mass is 444 g/mol. The maximum Gasteiger partial charge on any atom is 0.253 e. The van der Waals surface area contributed by atoms with Crippen LogP contribution in [-0.4, -0.2) is 69.6 Å². The van der Waals surface area contributed by atoms with E-state index in [4.69, 9.17) is 14.2 Å². The second kappa shape index (κ2) is 9.89. The topological polar surface area (TPSA) is 68.3 Å². The van der Waals surface area contributed by atoms with Gasteiger partial charge in [-0.1, -0.05) is 0 Å². The second-order valence-electron chi connectivity index (χ2n) is 7.74. The lowest BCUT2D eigenvalue weighted by Crippen LogP contribution is -2.36. The predicted octanol–water partition coefficient (Wildman–Crippen LogP) is 3.19. The Morgan fingerprint density at radius 2 is 1.62 bits per heavy atom. The molecule has 2 aromatic rings. The van der Waals surface area contributed by atoms with Crippen molar-refractivity contribution < 1.29 is 28.2 Å². The summed E-state index contributed by atoms with van der Waals surface area (Å²) in [5, 5.41) is 0. The Kier molecular flexibility index (Phi) is 7.22. The van der Waals surface area contributed by atoms with E-state index < -0.39 is 11.7 Å². The van der Waals surface area contributed by atoms with Crippen molar-refractivity contribution in [1.82, 2.24) is 9.80 Å². The van der Waals surface area contributed by atoms with Crippen LogP contribution in [0.25, 0.3) is 0 Å². The van der Waals surface area contributed by atoms with E-state index in [1.54, 1.807) is 16.8 Å².